The Morgan fingerprint density at radius 1 is 1.16 bits per heavy atom. The fourth-order valence-corrected chi connectivity index (χ4v) is 3.79. The van der Waals surface area contributed by atoms with Crippen molar-refractivity contribution in [3.8, 4) is 0 Å². The van der Waals surface area contributed by atoms with Crippen LogP contribution in [0.2, 0.25) is 0 Å². The number of fused-ring (bicyclic) bond motifs is 1. The van der Waals surface area contributed by atoms with Crippen LogP contribution in [0.1, 0.15) is 28.7 Å². The van der Waals surface area contributed by atoms with E-state index in [4.69, 9.17) is 0 Å². The Labute approximate surface area is 130 Å². The van der Waals surface area contributed by atoms with E-state index in [0.717, 1.165) is 10.9 Å². The van der Waals surface area contributed by atoms with Gasteiger partial charge >= 0.3 is 0 Å². The van der Waals surface area contributed by atoms with Gasteiger partial charge in [0.05, 0.1) is 0 Å². The maximum Gasteiger partial charge on any atom is 0.0402 e. The summed E-state index contributed by atoms with van der Waals surface area (Å²) in [7, 11) is 2.04. The van der Waals surface area contributed by atoms with Crippen molar-refractivity contribution in [1.82, 2.24) is 5.32 Å². The molecule has 19 heavy (non-hydrogen) atoms. The summed E-state index contributed by atoms with van der Waals surface area (Å²) in [4.78, 5) is 0. The van der Waals surface area contributed by atoms with Gasteiger partial charge in [-0.2, -0.15) is 0 Å². The van der Waals surface area contributed by atoms with Crippen molar-refractivity contribution in [2.75, 3.05) is 7.05 Å². The van der Waals surface area contributed by atoms with Gasteiger partial charge in [-0.1, -0.05) is 56.1 Å². The first-order chi connectivity index (χ1) is 9.20. The third kappa shape index (κ3) is 2.39. The van der Waals surface area contributed by atoms with E-state index in [1.807, 2.05) is 7.05 Å². The second-order valence-electron chi connectivity index (χ2n) is 4.94. The molecule has 0 aromatic heterocycles. The van der Waals surface area contributed by atoms with Crippen molar-refractivity contribution < 1.29 is 0 Å². The maximum atomic E-state index is 3.67. The molecule has 0 amide bonds. The molecule has 0 aliphatic heterocycles. The molecule has 0 bridgehead atoms. The topological polar surface area (TPSA) is 12.0 Å². The summed E-state index contributed by atoms with van der Waals surface area (Å²) >= 11 is 7.24. The average Bonchev–Trinajstić information content (AvgIpc) is 2.39. The first-order valence-corrected chi connectivity index (χ1v) is 7.99. The molecule has 1 nitrogen and oxygen atoms in total. The van der Waals surface area contributed by atoms with Gasteiger partial charge in [0.1, 0.15) is 0 Å². The minimum Gasteiger partial charge on any atom is -0.312 e. The number of hydrogen-bond acceptors (Lipinski definition) is 1. The zero-order valence-electron chi connectivity index (χ0n) is 10.7. The number of halogens is 2. The Morgan fingerprint density at radius 2 is 1.95 bits per heavy atom. The zero-order chi connectivity index (χ0) is 13.4. The van der Waals surface area contributed by atoms with Crippen molar-refractivity contribution in [2.24, 2.45) is 0 Å². The average molecular weight is 381 g/mol. The van der Waals surface area contributed by atoms with Crippen LogP contribution >= 0.6 is 31.9 Å². The van der Waals surface area contributed by atoms with Gasteiger partial charge in [-0.05, 0) is 48.4 Å². The Bertz CT molecular complexity index is 609. The Balaban J connectivity index is 1.97. The summed E-state index contributed by atoms with van der Waals surface area (Å²) < 4.78 is 2.29. The third-order valence-electron chi connectivity index (χ3n) is 3.90. The van der Waals surface area contributed by atoms with Crippen LogP contribution in [-0.4, -0.2) is 7.05 Å². The van der Waals surface area contributed by atoms with Gasteiger partial charge < -0.3 is 5.32 Å². The largest absolute Gasteiger partial charge is 0.312 e. The van der Waals surface area contributed by atoms with Gasteiger partial charge in [0.15, 0.2) is 0 Å². The van der Waals surface area contributed by atoms with Gasteiger partial charge in [0.2, 0.25) is 0 Å². The summed E-state index contributed by atoms with van der Waals surface area (Å²) in [6, 6.07) is 15.5. The van der Waals surface area contributed by atoms with E-state index >= 15 is 0 Å². The molecule has 0 spiro atoms. The second kappa shape index (κ2) is 5.39. The van der Waals surface area contributed by atoms with Crippen LogP contribution in [0.3, 0.4) is 0 Å². The Hall–Kier alpha value is -0.640. The minimum atomic E-state index is 0.349. The molecule has 0 radical (unpaired) electrons. The SMILES string of the molecule is CNC(c1cc(Br)ccc1Br)C1Cc2ccccc21. The highest BCUT2D eigenvalue weighted by atomic mass is 79.9. The lowest BCUT2D eigenvalue weighted by Gasteiger charge is -2.37. The lowest BCUT2D eigenvalue weighted by molar-refractivity contribution is 0.437. The smallest absolute Gasteiger partial charge is 0.0402 e. The van der Waals surface area contributed by atoms with Crippen LogP contribution in [0.5, 0.6) is 0 Å². The molecule has 1 aliphatic rings. The Morgan fingerprint density at radius 3 is 2.68 bits per heavy atom. The van der Waals surface area contributed by atoms with Crippen LogP contribution in [-0.2, 0) is 6.42 Å². The van der Waals surface area contributed by atoms with E-state index in [1.54, 1.807) is 0 Å². The molecule has 1 aliphatic carbocycles. The molecular weight excluding hydrogens is 366 g/mol. The highest BCUT2D eigenvalue weighted by Gasteiger charge is 2.33. The Kier molecular flexibility index (Phi) is 3.79. The summed E-state index contributed by atoms with van der Waals surface area (Å²) in [6.07, 6.45) is 1.15. The number of hydrogen-bond donors (Lipinski definition) is 1. The molecule has 0 fully saturated rings. The van der Waals surface area contributed by atoms with E-state index < -0.39 is 0 Å². The lowest BCUT2D eigenvalue weighted by Crippen LogP contribution is -2.31. The molecule has 3 rings (SSSR count). The summed E-state index contributed by atoms with van der Waals surface area (Å²) in [6.45, 7) is 0. The van der Waals surface area contributed by atoms with Crippen molar-refractivity contribution >= 4 is 31.9 Å². The molecule has 3 heteroatoms. The molecule has 2 aromatic rings. The van der Waals surface area contributed by atoms with E-state index in [2.05, 4.69) is 79.6 Å². The van der Waals surface area contributed by atoms with Crippen LogP contribution in [0, 0.1) is 0 Å². The highest BCUT2D eigenvalue weighted by Crippen LogP contribution is 2.45. The first-order valence-electron chi connectivity index (χ1n) is 6.40. The van der Waals surface area contributed by atoms with Gasteiger partial charge in [0, 0.05) is 20.9 Å². The molecule has 98 valence electrons. The van der Waals surface area contributed by atoms with Gasteiger partial charge in [-0.25, -0.2) is 0 Å². The highest BCUT2D eigenvalue weighted by molar-refractivity contribution is 9.11. The summed E-state index contributed by atoms with van der Waals surface area (Å²) in [5.41, 5.74) is 4.28. The fraction of sp³-hybridized carbons (Fsp3) is 0.250. The molecule has 0 heterocycles. The van der Waals surface area contributed by atoms with E-state index in [-0.39, 0.29) is 0 Å². The van der Waals surface area contributed by atoms with Crippen molar-refractivity contribution in [1.29, 1.82) is 0 Å². The van der Waals surface area contributed by atoms with Crippen molar-refractivity contribution in [2.45, 2.75) is 18.4 Å². The summed E-state index contributed by atoms with van der Waals surface area (Å²) in [5, 5.41) is 3.48. The molecule has 0 saturated carbocycles. The normalized spacial score (nSPS) is 18.6. The molecule has 1 N–H and O–H groups in total. The van der Waals surface area contributed by atoms with E-state index in [0.29, 0.717) is 12.0 Å². The molecule has 2 aromatic carbocycles. The minimum absolute atomic E-state index is 0.349. The third-order valence-corrected chi connectivity index (χ3v) is 5.12. The molecule has 2 unspecified atom stereocenters. The first kappa shape index (κ1) is 13.3. The monoisotopic (exact) mass is 379 g/mol. The number of nitrogens with one attached hydrogen (secondary N) is 1. The maximum absolute atomic E-state index is 3.67. The van der Waals surface area contributed by atoms with E-state index in [9.17, 15) is 0 Å². The van der Waals surface area contributed by atoms with Crippen LogP contribution in [0.4, 0.5) is 0 Å². The standard InChI is InChI=1S/C16H15Br2N/c1-19-16(14-9-11(17)6-7-15(14)18)13-8-10-4-2-3-5-12(10)13/h2-7,9,13,16,19H,8H2,1H3. The van der Waals surface area contributed by atoms with Crippen LogP contribution in [0.15, 0.2) is 51.4 Å². The zero-order valence-corrected chi connectivity index (χ0v) is 13.8. The second-order valence-corrected chi connectivity index (χ2v) is 6.71. The fourth-order valence-electron chi connectivity index (χ4n) is 2.92. The predicted octanol–water partition coefficient (Wildman–Crippen LogP) is 4.81. The molecular formula is C16H15Br2N. The number of rotatable bonds is 3. The van der Waals surface area contributed by atoms with Crippen LogP contribution < -0.4 is 5.32 Å². The number of benzene rings is 2. The molecule has 2 atom stereocenters. The predicted molar refractivity (Wildman–Crippen MR) is 86.5 cm³/mol. The van der Waals surface area contributed by atoms with Crippen LogP contribution in [0.25, 0.3) is 0 Å². The summed E-state index contributed by atoms with van der Waals surface area (Å²) in [5.74, 6) is 0.562. The van der Waals surface area contributed by atoms with Gasteiger partial charge in [-0.15, -0.1) is 0 Å². The lowest BCUT2D eigenvalue weighted by atomic mass is 9.72. The van der Waals surface area contributed by atoms with Crippen molar-refractivity contribution in [3.05, 3.63) is 68.1 Å². The van der Waals surface area contributed by atoms with Gasteiger partial charge in [0.25, 0.3) is 0 Å². The molecule has 0 saturated heterocycles. The quantitative estimate of drug-likeness (QED) is 0.805. The number of likely N-dealkylation sites (N-methyl/N-ethyl adjacent to an activating group) is 1. The van der Waals surface area contributed by atoms with Crippen molar-refractivity contribution in [3.63, 3.8) is 0 Å². The van der Waals surface area contributed by atoms with Gasteiger partial charge in [-0.3, -0.25) is 0 Å². The van der Waals surface area contributed by atoms with E-state index in [1.165, 1.54) is 21.2 Å².